The number of halogens is 2. The summed E-state index contributed by atoms with van der Waals surface area (Å²) in [5.41, 5.74) is 7.56. The van der Waals surface area contributed by atoms with Gasteiger partial charge in [-0.25, -0.2) is 13.8 Å². The lowest BCUT2D eigenvalue weighted by Gasteiger charge is -2.22. The molecule has 10 heteroatoms. The molecule has 3 aromatic carbocycles. The second-order valence-corrected chi connectivity index (χ2v) is 11.4. The number of benzene rings is 3. The van der Waals surface area contributed by atoms with Crippen LogP contribution >= 0.6 is 23.2 Å². The summed E-state index contributed by atoms with van der Waals surface area (Å²) in [6.45, 7) is 4.06. The number of anilines is 1. The molecule has 0 spiro atoms. The van der Waals surface area contributed by atoms with Crippen molar-refractivity contribution in [3.8, 4) is 5.69 Å². The van der Waals surface area contributed by atoms with Crippen LogP contribution in [0.15, 0.2) is 84.0 Å². The number of amides is 1. The van der Waals surface area contributed by atoms with Gasteiger partial charge in [-0.2, -0.15) is 5.10 Å². The maximum absolute atomic E-state index is 12.7. The topological polar surface area (TPSA) is 83.8 Å². The minimum absolute atomic E-state index is 0.189. The van der Waals surface area contributed by atoms with Gasteiger partial charge < -0.3 is 4.57 Å². The van der Waals surface area contributed by atoms with Gasteiger partial charge in [0.1, 0.15) is 0 Å². The second-order valence-electron chi connectivity index (χ2n) is 8.74. The highest BCUT2D eigenvalue weighted by atomic mass is 35.5. The Balaban J connectivity index is 1.48. The SMILES string of the molecule is Cc1cc(/C=N\NC(=O)c2ccc(N(Cc3ccccc3)S(C)(=O)=O)cc2)c(C)n1-c1cccc(Cl)c1Cl. The minimum Gasteiger partial charge on any atom is -0.316 e. The summed E-state index contributed by atoms with van der Waals surface area (Å²) >= 11 is 12.6. The van der Waals surface area contributed by atoms with E-state index in [1.165, 1.54) is 4.31 Å². The first-order valence-electron chi connectivity index (χ1n) is 11.6. The Hall–Kier alpha value is -3.59. The van der Waals surface area contributed by atoms with Crippen LogP contribution in [0, 0.1) is 13.8 Å². The van der Waals surface area contributed by atoms with Crippen molar-refractivity contribution >= 4 is 51.0 Å². The number of carbonyl (C=O) groups is 1. The number of hydrazone groups is 1. The lowest BCUT2D eigenvalue weighted by molar-refractivity contribution is 0.0955. The predicted octanol–water partition coefficient (Wildman–Crippen LogP) is 6.13. The standard InChI is InChI=1S/C28H26Cl2N4O3S/c1-19-16-23(20(2)34(19)26-11-7-10-25(29)27(26)30)17-31-32-28(35)22-12-14-24(15-13-22)33(38(3,36)37)18-21-8-5-4-6-9-21/h4-17H,18H2,1-3H3,(H,32,35)/b31-17-. The quantitative estimate of drug-likeness (QED) is 0.205. The summed E-state index contributed by atoms with van der Waals surface area (Å²) in [6, 6.07) is 23.0. The number of hydrogen-bond donors (Lipinski definition) is 1. The number of sulfonamides is 1. The molecule has 7 nitrogen and oxygen atoms in total. The third kappa shape index (κ3) is 6.10. The van der Waals surface area contributed by atoms with E-state index in [1.54, 1.807) is 36.5 Å². The number of hydrogen-bond acceptors (Lipinski definition) is 4. The molecule has 0 bridgehead atoms. The van der Waals surface area contributed by atoms with Gasteiger partial charge in [0.05, 0.1) is 40.4 Å². The van der Waals surface area contributed by atoms with Gasteiger partial charge >= 0.3 is 0 Å². The number of nitrogens with one attached hydrogen (secondary N) is 1. The third-order valence-electron chi connectivity index (χ3n) is 6.00. The first-order valence-corrected chi connectivity index (χ1v) is 14.2. The molecule has 1 aromatic heterocycles. The van der Waals surface area contributed by atoms with Crippen molar-refractivity contribution in [1.82, 2.24) is 9.99 Å². The fourth-order valence-electron chi connectivity index (χ4n) is 4.11. The maximum atomic E-state index is 12.7. The Kier molecular flexibility index (Phi) is 8.26. The Bertz CT molecular complexity index is 1600. The summed E-state index contributed by atoms with van der Waals surface area (Å²) in [5.74, 6) is -0.423. The number of nitrogens with zero attached hydrogens (tertiary/aromatic N) is 3. The molecular weight excluding hydrogens is 543 g/mol. The molecule has 0 aliphatic heterocycles. The molecule has 4 rings (SSSR count). The van der Waals surface area contributed by atoms with Crippen molar-refractivity contribution in [2.24, 2.45) is 5.10 Å². The molecule has 4 aromatic rings. The molecule has 196 valence electrons. The van der Waals surface area contributed by atoms with Gasteiger partial charge in [0.2, 0.25) is 10.0 Å². The molecule has 38 heavy (non-hydrogen) atoms. The van der Waals surface area contributed by atoms with Crippen molar-refractivity contribution in [1.29, 1.82) is 0 Å². The van der Waals surface area contributed by atoms with Gasteiger partial charge in [-0.15, -0.1) is 0 Å². The zero-order valence-corrected chi connectivity index (χ0v) is 23.3. The van der Waals surface area contributed by atoms with Gasteiger partial charge in [-0.05, 0) is 61.9 Å². The van der Waals surface area contributed by atoms with Crippen LogP contribution in [0.25, 0.3) is 5.69 Å². The Morgan fingerprint density at radius 3 is 2.34 bits per heavy atom. The summed E-state index contributed by atoms with van der Waals surface area (Å²) in [5, 5.41) is 5.03. The van der Waals surface area contributed by atoms with E-state index >= 15 is 0 Å². The van der Waals surface area contributed by atoms with Crippen LogP contribution in [0.2, 0.25) is 10.0 Å². The highest BCUT2D eigenvalue weighted by Crippen LogP contribution is 2.31. The summed E-state index contributed by atoms with van der Waals surface area (Å²) in [7, 11) is -3.53. The van der Waals surface area contributed by atoms with Crippen molar-refractivity contribution in [3.63, 3.8) is 0 Å². The first kappa shape index (κ1) is 27.4. The number of aryl methyl sites for hydroxylation is 1. The summed E-state index contributed by atoms with van der Waals surface area (Å²) < 4.78 is 28.1. The molecule has 0 saturated carbocycles. The number of carbonyl (C=O) groups excluding carboxylic acids is 1. The van der Waals surface area contributed by atoms with E-state index in [2.05, 4.69) is 10.5 Å². The molecule has 0 aliphatic carbocycles. The number of rotatable bonds is 8. The molecule has 0 unspecified atom stereocenters. The zero-order chi connectivity index (χ0) is 27.4. The van der Waals surface area contributed by atoms with E-state index in [4.69, 9.17) is 23.2 Å². The van der Waals surface area contributed by atoms with E-state index in [9.17, 15) is 13.2 Å². The second kappa shape index (κ2) is 11.4. The van der Waals surface area contributed by atoms with Crippen LogP contribution in [-0.2, 0) is 16.6 Å². The molecule has 1 heterocycles. The first-order chi connectivity index (χ1) is 18.1. The van der Waals surface area contributed by atoms with Crippen LogP contribution < -0.4 is 9.73 Å². The van der Waals surface area contributed by atoms with Crippen LogP contribution in [0.1, 0.15) is 32.9 Å². The van der Waals surface area contributed by atoms with Crippen LogP contribution in [0.4, 0.5) is 5.69 Å². The highest BCUT2D eigenvalue weighted by molar-refractivity contribution is 7.92. The number of aromatic nitrogens is 1. The van der Waals surface area contributed by atoms with Crippen molar-refractivity contribution in [2.45, 2.75) is 20.4 Å². The van der Waals surface area contributed by atoms with Gasteiger partial charge in [-0.1, -0.05) is 59.6 Å². The fourth-order valence-corrected chi connectivity index (χ4v) is 5.38. The smallest absolute Gasteiger partial charge is 0.271 e. The molecule has 1 amide bonds. The summed E-state index contributed by atoms with van der Waals surface area (Å²) in [6.07, 6.45) is 2.72. The Morgan fingerprint density at radius 2 is 1.68 bits per heavy atom. The van der Waals surface area contributed by atoms with Gasteiger partial charge in [0.25, 0.3) is 5.91 Å². The van der Waals surface area contributed by atoms with Gasteiger partial charge in [-0.3, -0.25) is 9.10 Å². The monoisotopic (exact) mass is 568 g/mol. The van der Waals surface area contributed by atoms with Crippen LogP contribution in [-0.4, -0.2) is 31.4 Å². The van der Waals surface area contributed by atoms with E-state index in [-0.39, 0.29) is 6.54 Å². The lowest BCUT2D eigenvalue weighted by atomic mass is 10.2. The van der Waals surface area contributed by atoms with Crippen LogP contribution in [0.3, 0.4) is 0 Å². The highest BCUT2D eigenvalue weighted by Gasteiger charge is 2.18. The predicted molar refractivity (Wildman–Crippen MR) is 154 cm³/mol. The largest absolute Gasteiger partial charge is 0.316 e. The molecule has 0 saturated heterocycles. The average molecular weight is 570 g/mol. The van der Waals surface area contributed by atoms with Crippen molar-refractivity contribution in [2.75, 3.05) is 10.6 Å². The van der Waals surface area contributed by atoms with E-state index < -0.39 is 15.9 Å². The van der Waals surface area contributed by atoms with E-state index in [1.807, 2.05) is 66.9 Å². The normalized spacial score (nSPS) is 11.6. The Morgan fingerprint density at radius 1 is 1.00 bits per heavy atom. The fraction of sp³-hybridized carbons (Fsp3) is 0.143. The van der Waals surface area contributed by atoms with Gasteiger partial charge in [0.15, 0.2) is 0 Å². The zero-order valence-electron chi connectivity index (χ0n) is 21.0. The molecule has 1 N–H and O–H groups in total. The van der Waals surface area contributed by atoms with Crippen molar-refractivity contribution in [3.05, 3.63) is 117 Å². The molecule has 0 atom stereocenters. The molecular formula is C28H26Cl2N4O3S. The summed E-state index contributed by atoms with van der Waals surface area (Å²) in [4.78, 5) is 12.7. The van der Waals surface area contributed by atoms with Crippen molar-refractivity contribution < 1.29 is 13.2 Å². The Labute approximate surface area is 232 Å². The molecule has 0 aliphatic rings. The minimum atomic E-state index is -3.53. The van der Waals surface area contributed by atoms with E-state index in [0.29, 0.717) is 21.3 Å². The lowest BCUT2D eigenvalue weighted by Crippen LogP contribution is -2.29. The van der Waals surface area contributed by atoms with Crippen LogP contribution in [0.5, 0.6) is 0 Å². The molecule has 0 radical (unpaired) electrons. The average Bonchev–Trinajstić information content (AvgIpc) is 3.17. The molecule has 0 fully saturated rings. The maximum Gasteiger partial charge on any atom is 0.271 e. The van der Waals surface area contributed by atoms with Gasteiger partial charge in [0, 0.05) is 22.5 Å². The third-order valence-corrected chi connectivity index (χ3v) is 7.95. The van der Waals surface area contributed by atoms with E-state index in [0.717, 1.165) is 34.5 Å².